The average Bonchev–Trinajstić information content (AvgIpc) is 2.52. The second kappa shape index (κ2) is 8.83. The van der Waals surface area contributed by atoms with Gasteiger partial charge in [0.05, 0.1) is 11.0 Å². The quantitative estimate of drug-likeness (QED) is 0.761. The van der Waals surface area contributed by atoms with E-state index in [-0.39, 0.29) is 11.5 Å². The summed E-state index contributed by atoms with van der Waals surface area (Å²) in [6, 6.07) is 9.43. The molecule has 0 saturated heterocycles. The minimum atomic E-state index is -4.43. The summed E-state index contributed by atoms with van der Waals surface area (Å²) in [5.74, 6) is -0.359. The molecule has 9 heteroatoms. The van der Waals surface area contributed by atoms with Crippen LogP contribution in [0.3, 0.4) is 0 Å². The van der Waals surface area contributed by atoms with Gasteiger partial charge in [0.25, 0.3) is 10.1 Å². The molecule has 0 fully saturated rings. The fourth-order valence-electron chi connectivity index (χ4n) is 2.04. The van der Waals surface area contributed by atoms with Crippen molar-refractivity contribution in [2.24, 2.45) is 5.73 Å². The van der Waals surface area contributed by atoms with Gasteiger partial charge in [-0.2, -0.15) is 21.6 Å². The van der Waals surface area contributed by atoms with E-state index in [1.165, 1.54) is 0 Å². The third-order valence-electron chi connectivity index (χ3n) is 3.32. The van der Waals surface area contributed by atoms with Gasteiger partial charge >= 0.3 is 6.18 Å². The molecule has 0 heterocycles. The summed E-state index contributed by atoms with van der Waals surface area (Å²) in [6.07, 6.45) is -3.43. The summed E-state index contributed by atoms with van der Waals surface area (Å²) < 4.78 is 65.4. The van der Waals surface area contributed by atoms with E-state index in [9.17, 15) is 26.4 Å². The van der Waals surface area contributed by atoms with E-state index in [1.54, 1.807) is 6.07 Å². The zero-order valence-electron chi connectivity index (χ0n) is 14.5. The molecular weight excluding hydrogens is 383 g/mol. The smallest absolute Gasteiger partial charge is 0.366 e. The fourth-order valence-corrected chi connectivity index (χ4v) is 2.37. The van der Waals surface area contributed by atoms with Crippen LogP contribution < -0.4 is 5.73 Å². The fraction of sp³-hybridized carbons (Fsp3) is 0.167. The highest BCUT2D eigenvalue weighted by atomic mass is 32.2. The lowest BCUT2D eigenvalue weighted by molar-refractivity contribution is -0.137. The zero-order valence-corrected chi connectivity index (χ0v) is 15.3. The molecule has 1 amide bonds. The molecule has 0 aliphatic heterocycles. The highest BCUT2D eigenvalue weighted by molar-refractivity contribution is 7.88. The third kappa shape index (κ3) is 8.06. The van der Waals surface area contributed by atoms with E-state index < -0.39 is 21.9 Å². The van der Waals surface area contributed by atoms with Crippen LogP contribution in [-0.2, 0) is 16.3 Å². The van der Waals surface area contributed by atoms with Gasteiger partial charge in [-0.05, 0) is 49.2 Å². The Morgan fingerprint density at radius 2 is 1.63 bits per heavy atom. The predicted molar refractivity (Wildman–Crippen MR) is 96.5 cm³/mol. The first kappa shape index (κ1) is 22.4. The SMILES string of the molecule is Cc1ccc(C(N)=O)c(C)c1.O=S(=O)(O)C=Cc1ccc(C(F)(F)F)cc1. The normalized spacial score (nSPS) is 11.8. The van der Waals surface area contributed by atoms with Gasteiger partial charge in [-0.1, -0.05) is 29.8 Å². The second-order valence-electron chi connectivity index (χ2n) is 5.62. The van der Waals surface area contributed by atoms with Gasteiger partial charge in [0, 0.05) is 5.56 Å². The van der Waals surface area contributed by atoms with Gasteiger partial charge < -0.3 is 5.73 Å². The lowest BCUT2D eigenvalue weighted by atomic mass is 10.1. The van der Waals surface area contributed by atoms with Gasteiger partial charge in [-0.15, -0.1) is 0 Å². The maximum Gasteiger partial charge on any atom is 0.416 e. The molecule has 0 unspecified atom stereocenters. The topological polar surface area (TPSA) is 97.5 Å². The van der Waals surface area contributed by atoms with Crippen LogP contribution in [0, 0.1) is 13.8 Å². The largest absolute Gasteiger partial charge is 0.416 e. The Hall–Kier alpha value is -2.65. The monoisotopic (exact) mass is 401 g/mol. The Morgan fingerprint density at radius 3 is 2.04 bits per heavy atom. The average molecular weight is 401 g/mol. The number of hydrogen-bond acceptors (Lipinski definition) is 3. The van der Waals surface area contributed by atoms with Crippen LogP contribution in [0.5, 0.6) is 0 Å². The van der Waals surface area contributed by atoms with E-state index >= 15 is 0 Å². The van der Waals surface area contributed by atoms with Crippen molar-refractivity contribution in [3.8, 4) is 0 Å². The summed E-state index contributed by atoms with van der Waals surface area (Å²) in [5, 5.41) is 0.496. The Bertz CT molecular complexity index is 934. The van der Waals surface area contributed by atoms with E-state index in [4.69, 9.17) is 10.3 Å². The van der Waals surface area contributed by atoms with E-state index in [0.717, 1.165) is 41.5 Å². The number of alkyl halides is 3. The Labute approximate surface area is 155 Å². The number of primary amides is 1. The molecule has 0 aliphatic rings. The first-order chi connectivity index (χ1) is 12.3. The second-order valence-corrected chi connectivity index (χ2v) is 6.92. The molecule has 0 spiro atoms. The van der Waals surface area contributed by atoms with E-state index in [0.29, 0.717) is 11.0 Å². The van der Waals surface area contributed by atoms with Gasteiger partial charge in [0.15, 0.2) is 0 Å². The minimum Gasteiger partial charge on any atom is -0.366 e. The van der Waals surface area contributed by atoms with Crippen molar-refractivity contribution in [2.45, 2.75) is 20.0 Å². The highest BCUT2D eigenvalue weighted by Gasteiger charge is 2.29. The highest BCUT2D eigenvalue weighted by Crippen LogP contribution is 2.29. The summed E-state index contributed by atoms with van der Waals surface area (Å²) >= 11 is 0. The van der Waals surface area contributed by atoms with Crippen LogP contribution in [0.25, 0.3) is 6.08 Å². The number of halogens is 3. The Kier molecular flexibility index (Phi) is 7.32. The summed E-state index contributed by atoms with van der Waals surface area (Å²) in [7, 11) is -4.26. The predicted octanol–water partition coefficient (Wildman–Crippen LogP) is 3.97. The van der Waals surface area contributed by atoms with Gasteiger partial charge in [-0.25, -0.2) is 0 Å². The molecule has 0 saturated carbocycles. The number of nitrogens with two attached hydrogens (primary N) is 1. The molecule has 27 heavy (non-hydrogen) atoms. The molecule has 5 nitrogen and oxygen atoms in total. The Balaban J connectivity index is 0.000000289. The molecule has 3 N–H and O–H groups in total. The molecule has 2 aromatic carbocycles. The molecule has 146 valence electrons. The van der Waals surface area contributed by atoms with Crippen molar-refractivity contribution < 1.29 is 30.9 Å². The van der Waals surface area contributed by atoms with Crippen LogP contribution in [0.2, 0.25) is 0 Å². The standard InChI is InChI=1S/C9H7F3O3S.C9H11NO/c10-9(11,12)8-3-1-7(2-4-8)5-6-16(13,14)15;1-6-3-4-8(9(10)11)7(2)5-6/h1-6H,(H,13,14,15);3-5H,1-2H3,(H2,10,11). The van der Waals surface area contributed by atoms with E-state index in [2.05, 4.69) is 0 Å². The van der Waals surface area contributed by atoms with Crippen LogP contribution >= 0.6 is 0 Å². The lowest BCUT2D eigenvalue weighted by Crippen LogP contribution is -2.12. The molecule has 2 rings (SSSR count). The maximum absolute atomic E-state index is 12.1. The number of carbonyl (C=O) groups is 1. The molecular formula is C18H18F3NO4S. The zero-order chi connectivity index (χ0) is 20.8. The molecule has 0 bridgehead atoms. The lowest BCUT2D eigenvalue weighted by Gasteiger charge is -2.05. The molecule has 2 aromatic rings. The number of carbonyl (C=O) groups excluding carboxylic acids is 1. The number of hydrogen-bond donors (Lipinski definition) is 2. The van der Waals surface area contributed by atoms with Gasteiger partial charge in [0.1, 0.15) is 0 Å². The van der Waals surface area contributed by atoms with Crippen molar-refractivity contribution in [1.82, 2.24) is 0 Å². The maximum atomic E-state index is 12.1. The third-order valence-corrected chi connectivity index (χ3v) is 3.80. The molecule has 0 aliphatic carbocycles. The summed E-state index contributed by atoms with van der Waals surface area (Å²) in [6.45, 7) is 3.87. The van der Waals surface area contributed by atoms with Crippen LogP contribution in [0.4, 0.5) is 13.2 Å². The first-order valence-electron chi connectivity index (χ1n) is 7.49. The van der Waals surface area contributed by atoms with Crippen molar-refractivity contribution >= 4 is 22.1 Å². The number of benzene rings is 2. The molecule has 0 atom stereocenters. The van der Waals surface area contributed by atoms with Gasteiger partial charge in [0.2, 0.25) is 5.91 Å². The van der Waals surface area contributed by atoms with Crippen LogP contribution in [0.15, 0.2) is 47.9 Å². The first-order valence-corrected chi connectivity index (χ1v) is 9.00. The van der Waals surface area contributed by atoms with Crippen molar-refractivity contribution in [3.63, 3.8) is 0 Å². The van der Waals surface area contributed by atoms with Crippen molar-refractivity contribution in [2.75, 3.05) is 0 Å². The summed E-state index contributed by atoms with van der Waals surface area (Å²) in [4.78, 5) is 10.8. The summed E-state index contributed by atoms with van der Waals surface area (Å²) in [5.41, 5.74) is 7.24. The van der Waals surface area contributed by atoms with Gasteiger partial charge in [-0.3, -0.25) is 9.35 Å². The molecule has 0 aromatic heterocycles. The molecule has 0 radical (unpaired) electrons. The number of amides is 1. The minimum absolute atomic E-state index is 0.241. The van der Waals surface area contributed by atoms with Crippen LogP contribution in [0.1, 0.15) is 32.6 Å². The number of aryl methyl sites for hydroxylation is 2. The van der Waals surface area contributed by atoms with Crippen molar-refractivity contribution in [1.29, 1.82) is 0 Å². The number of rotatable bonds is 3. The van der Waals surface area contributed by atoms with Crippen LogP contribution in [-0.4, -0.2) is 18.9 Å². The van der Waals surface area contributed by atoms with Crippen molar-refractivity contribution in [3.05, 3.63) is 75.7 Å². The Morgan fingerprint density at radius 1 is 1.07 bits per heavy atom. The van der Waals surface area contributed by atoms with E-state index in [1.807, 2.05) is 26.0 Å².